The summed E-state index contributed by atoms with van der Waals surface area (Å²) in [5, 5.41) is 0. The summed E-state index contributed by atoms with van der Waals surface area (Å²) in [6.07, 6.45) is 0. The second-order valence-corrected chi connectivity index (χ2v) is 5.39. The topological polar surface area (TPSA) is 27.1 Å². The van der Waals surface area contributed by atoms with Gasteiger partial charge in [-0.1, -0.05) is 6.07 Å². The van der Waals surface area contributed by atoms with Crippen molar-refractivity contribution in [1.82, 2.24) is 9.55 Å². The van der Waals surface area contributed by atoms with Gasteiger partial charge in [0, 0.05) is 11.8 Å². The van der Waals surface area contributed by atoms with E-state index in [-0.39, 0.29) is 0 Å². The first-order valence-electron chi connectivity index (χ1n) is 6.83. The van der Waals surface area contributed by atoms with Crippen molar-refractivity contribution in [1.29, 1.82) is 0 Å². The number of imidazole rings is 1. The lowest BCUT2D eigenvalue weighted by molar-refractivity contribution is 0.415. The molecule has 2 aromatic carbocycles. The molecule has 0 saturated heterocycles. The quantitative estimate of drug-likeness (QED) is 0.671. The van der Waals surface area contributed by atoms with Crippen LogP contribution in [0.2, 0.25) is 0 Å². The van der Waals surface area contributed by atoms with Crippen LogP contribution < -0.4 is 4.74 Å². The largest absolute Gasteiger partial charge is 0.497 e. The van der Waals surface area contributed by atoms with Gasteiger partial charge in [-0.2, -0.15) is 0 Å². The molecule has 1 aromatic heterocycles. The minimum Gasteiger partial charge on any atom is -0.497 e. The minimum absolute atomic E-state index is 0.365. The molecule has 0 saturated carbocycles. The Morgan fingerprint density at radius 2 is 1.90 bits per heavy atom. The number of benzene rings is 2. The number of aryl methyl sites for hydroxylation is 2. The molecule has 0 aliphatic heterocycles. The molecule has 0 amide bonds. The van der Waals surface area contributed by atoms with Crippen molar-refractivity contribution < 1.29 is 4.74 Å². The number of fused-ring (bicyclic) bond motifs is 1. The summed E-state index contributed by atoms with van der Waals surface area (Å²) in [6, 6.07) is 12.3. The monoisotopic (exact) mass is 300 g/mol. The van der Waals surface area contributed by atoms with Gasteiger partial charge in [0.15, 0.2) is 0 Å². The van der Waals surface area contributed by atoms with Crippen LogP contribution in [0.4, 0.5) is 0 Å². The summed E-state index contributed by atoms with van der Waals surface area (Å²) in [5.41, 5.74) is 5.54. The molecule has 3 aromatic rings. The Kier molecular flexibility index (Phi) is 3.60. The molecular formula is C17H17ClN2O. The highest BCUT2D eigenvalue weighted by atomic mass is 35.5. The zero-order valence-corrected chi connectivity index (χ0v) is 13.1. The van der Waals surface area contributed by atoms with Gasteiger partial charge in [0.05, 0.1) is 24.0 Å². The number of ether oxygens (including phenoxy) is 1. The first-order chi connectivity index (χ1) is 10.1. The number of rotatable bonds is 3. The van der Waals surface area contributed by atoms with Crippen LogP contribution in [0.15, 0.2) is 36.4 Å². The zero-order chi connectivity index (χ0) is 15.0. The molecule has 21 heavy (non-hydrogen) atoms. The van der Waals surface area contributed by atoms with E-state index < -0.39 is 0 Å². The maximum absolute atomic E-state index is 6.08. The van der Waals surface area contributed by atoms with Gasteiger partial charge in [0.2, 0.25) is 0 Å². The summed E-state index contributed by atoms with van der Waals surface area (Å²) in [5.74, 6) is 2.00. The number of nitrogens with zero attached hydrogens (tertiary/aromatic N) is 2. The van der Waals surface area contributed by atoms with E-state index in [4.69, 9.17) is 16.3 Å². The van der Waals surface area contributed by atoms with Crippen molar-refractivity contribution in [2.45, 2.75) is 19.7 Å². The van der Waals surface area contributed by atoms with E-state index in [0.29, 0.717) is 5.88 Å². The Morgan fingerprint density at radius 3 is 2.57 bits per heavy atom. The Balaban J connectivity index is 2.26. The zero-order valence-electron chi connectivity index (χ0n) is 12.4. The van der Waals surface area contributed by atoms with Gasteiger partial charge in [-0.05, 0) is 49.2 Å². The molecule has 0 atom stereocenters. The summed E-state index contributed by atoms with van der Waals surface area (Å²) in [4.78, 5) is 4.62. The predicted molar refractivity (Wildman–Crippen MR) is 86.7 cm³/mol. The molecule has 4 heteroatoms. The molecule has 0 unspecified atom stereocenters. The molecule has 0 bridgehead atoms. The molecule has 0 spiro atoms. The van der Waals surface area contributed by atoms with Crippen molar-refractivity contribution in [2.75, 3.05) is 7.11 Å². The second-order valence-electron chi connectivity index (χ2n) is 5.12. The third-order valence-electron chi connectivity index (χ3n) is 3.80. The van der Waals surface area contributed by atoms with Gasteiger partial charge in [-0.25, -0.2) is 4.98 Å². The molecule has 0 N–H and O–H groups in total. The van der Waals surface area contributed by atoms with Crippen molar-refractivity contribution >= 4 is 22.6 Å². The summed E-state index contributed by atoms with van der Waals surface area (Å²) >= 11 is 6.08. The van der Waals surface area contributed by atoms with Crippen molar-refractivity contribution in [3.63, 3.8) is 0 Å². The van der Waals surface area contributed by atoms with E-state index in [1.165, 1.54) is 11.1 Å². The van der Waals surface area contributed by atoms with Crippen molar-refractivity contribution in [3.05, 3.63) is 53.3 Å². The lowest BCUT2D eigenvalue weighted by Crippen LogP contribution is -2.00. The number of hydrogen-bond acceptors (Lipinski definition) is 2. The molecule has 108 valence electrons. The molecule has 0 aliphatic carbocycles. The van der Waals surface area contributed by atoms with Crippen LogP contribution in [0, 0.1) is 13.8 Å². The van der Waals surface area contributed by atoms with Crippen LogP contribution in [-0.4, -0.2) is 16.7 Å². The van der Waals surface area contributed by atoms with Crippen LogP contribution in [0.3, 0.4) is 0 Å². The second kappa shape index (κ2) is 5.41. The van der Waals surface area contributed by atoms with Crippen molar-refractivity contribution in [2.24, 2.45) is 0 Å². The Morgan fingerprint density at radius 1 is 1.10 bits per heavy atom. The van der Waals surface area contributed by atoms with Crippen LogP contribution in [-0.2, 0) is 5.88 Å². The average Bonchev–Trinajstić information content (AvgIpc) is 2.87. The molecule has 1 heterocycles. The number of aromatic nitrogens is 2. The molecule has 0 aliphatic rings. The molecule has 3 nitrogen and oxygen atoms in total. The van der Waals surface area contributed by atoms with E-state index >= 15 is 0 Å². The highest BCUT2D eigenvalue weighted by Gasteiger charge is 2.13. The maximum Gasteiger partial charge on any atom is 0.129 e. The van der Waals surface area contributed by atoms with Gasteiger partial charge in [0.1, 0.15) is 11.6 Å². The van der Waals surface area contributed by atoms with Crippen LogP contribution >= 0.6 is 11.6 Å². The fraction of sp³-hybridized carbons (Fsp3) is 0.235. The third-order valence-corrected chi connectivity index (χ3v) is 4.04. The number of alkyl halides is 1. The number of methoxy groups -OCH3 is 1. The fourth-order valence-corrected chi connectivity index (χ4v) is 2.66. The Bertz CT molecular complexity index is 808. The summed E-state index contributed by atoms with van der Waals surface area (Å²) in [6.45, 7) is 4.22. The standard InChI is InChI=1S/C17H17ClN2O/c1-11-4-5-13(8-12(11)2)20-16-7-6-14(21-3)9-15(16)19-17(20)10-18/h4-9H,10H2,1-3H3. The highest BCUT2D eigenvalue weighted by molar-refractivity contribution is 6.17. The van der Waals surface area contributed by atoms with Gasteiger partial charge < -0.3 is 4.74 Å². The summed E-state index contributed by atoms with van der Waals surface area (Å²) < 4.78 is 7.37. The van der Waals surface area contributed by atoms with Gasteiger partial charge in [-0.15, -0.1) is 11.6 Å². The first kappa shape index (κ1) is 14.0. The molecule has 0 fully saturated rings. The van der Waals surface area contributed by atoms with E-state index in [9.17, 15) is 0 Å². The van der Waals surface area contributed by atoms with E-state index in [0.717, 1.165) is 28.3 Å². The SMILES string of the molecule is COc1ccc2c(c1)nc(CCl)n2-c1ccc(C)c(C)c1. The predicted octanol–water partition coefficient (Wildman–Crippen LogP) is 4.39. The normalized spacial score (nSPS) is 11.0. The lowest BCUT2D eigenvalue weighted by atomic mass is 10.1. The van der Waals surface area contributed by atoms with E-state index in [1.54, 1.807) is 7.11 Å². The minimum atomic E-state index is 0.365. The summed E-state index contributed by atoms with van der Waals surface area (Å²) in [7, 11) is 1.66. The lowest BCUT2D eigenvalue weighted by Gasteiger charge is -2.10. The number of hydrogen-bond donors (Lipinski definition) is 0. The third kappa shape index (κ3) is 2.38. The number of halogens is 1. The van der Waals surface area contributed by atoms with E-state index in [1.807, 2.05) is 18.2 Å². The van der Waals surface area contributed by atoms with Gasteiger partial charge >= 0.3 is 0 Å². The maximum atomic E-state index is 6.08. The Labute approximate surface area is 129 Å². The molecule has 3 rings (SSSR count). The van der Waals surface area contributed by atoms with Gasteiger partial charge in [-0.3, -0.25) is 4.57 Å². The highest BCUT2D eigenvalue weighted by Crippen LogP contribution is 2.26. The smallest absolute Gasteiger partial charge is 0.129 e. The van der Waals surface area contributed by atoms with Crippen molar-refractivity contribution in [3.8, 4) is 11.4 Å². The van der Waals surface area contributed by atoms with Gasteiger partial charge in [0.25, 0.3) is 0 Å². The molecular weight excluding hydrogens is 284 g/mol. The van der Waals surface area contributed by atoms with Crippen LogP contribution in [0.25, 0.3) is 16.7 Å². The van der Waals surface area contributed by atoms with Crippen LogP contribution in [0.1, 0.15) is 17.0 Å². The molecule has 0 radical (unpaired) electrons. The van der Waals surface area contributed by atoms with Crippen LogP contribution in [0.5, 0.6) is 5.75 Å². The Hall–Kier alpha value is -2.00. The van der Waals surface area contributed by atoms with E-state index in [2.05, 4.69) is 41.6 Å². The fourth-order valence-electron chi connectivity index (χ4n) is 2.48. The average molecular weight is 301 g/mol. The first-order valence-corrected chi connectivity index (χ1v) is 7.36.